The van der Waals surface area contributed by atoms with Gasteiger partial charge in [-0.05, 0) is 25.1 Å². The van der Waals surface area contributed by atoms with Crippen LogP contribution in [0.15, 0.2) is 24.3 Å². The summed E-state index contributed by atoms with van der Waals surface area (Å²) < 4.78 is 48.5. The lowest BCUT2D eigenvalue weighted by Gasteiger charge is -2.28. The van der Waals surface area contributed by atoms with E-state index in [-0.39, 0.29) is 18.0 Å². The van der Waals surface area contributed by atoms with E-state index in [1.54, 1.807) is 6.07 Å². The zero-order chi connectivity index (χ0) is 13.2. The molecule has 1 aliphatic rings. The molecule has 0 radical (unpaired) electrons. The second kappa shape index (κ2) is 5.18. The predicted octanol–water partition coefficient (Wildman–Crippen LogP) is 3.65. The molecule has 1 aromatic carbocycles. The highest BCUT2D eigenvalue weighted by Crippen LogP contribution is 2.32. The molecular formula is C13H15F3O2. The van der Waals surface area contributed by atoms with Gasteiger partial charge in [-0.25, -0.2) is 0 Å². The third-order valence-electron chi connectivity index (χ3n) is 2.90. The van der Waals surface area contributed by atoms with Crippen LogP contribution < -0.4 is 4.74 Å². The van der Waals surface area contributed by atoms with Crippen molar-refractivity contribution in [3.8, 4) is 5.75 Å². The summed E-state index contributed by atoms with van der Waals surface area (Å²) in [6.07, 6.45) is -2.90. The van der Waals surface area contributed by atoms with Crippen LogP contribution >= 0.6 is 0 Å². The summed E-state index contributed by atoms with van der Waals surface area (Å²) in [5.74, 6) is 0.268. The van der Waals surface area contributed by atoms with Gasteiger partial charge in [-0.15, -0.1) is 0 Å². The highest BCUT2D eigenvalue weighted by Gasteiger charge is 2.31. The Morgan fingerprint density at radius 2 is 2.11 bits per heavy atom. The molecule has 100 valence electrons. The van der Waals surface area contributed by atoms with Gasteiger partial charge in [0.1, 0.15) is 11.9 Å². The molecule has 0 saturated carbocycles. The van der Waals surface area contributed by atoms with E-state index in [1.807, 2.05) is 6.92 Å². The minimum absolute atomic E-state index is 0.0720. The molecule has 1 fully saturated rings. The lowest BCUT2D eigenvalue weighted by molar-refractivity contribution is -0.137. The van der Waals surface area contributed by atoms with E-state index in [2.05, 4.69) is 0 Å². The van der Waals surface area contributed by atoms with E-state index in [0.29, 0.717) is 19.4 Å². The zero-order valence-electron chi connectivity index (χ0n) is 10.0. The van der Waals surface area contributed by atoms with Crippen LogP contribution in [0.3, 0.4) is 0 Å². The van der Waals surface area contributed by atoms with Gasteiger partial charge in [0.25, 0.3) is 0 Å². The molecule has 2 atom stereocenters. The summed E-state index contributed by atoms with van der Waals surface area (Å²) in [5, 5.41) is 0. The lowest BCUT2D eigenvalue weighted by atomic mass is 10.1. The minimum atomic E-state index is -4.33. The van der Waals surface area contributed by atoms with E-state index in [4.69, 9.17) is 9.47 Å². The third kappa shape index (κ3) is 3.38. The molecule has 0 aliphatic carbocycles. The molecule has 1 aromatic rings. The van der Waals surface area contributed by atoms with Gasteiger partial charge in [0.2, 0.25) is 0 Å². The van der Waals surface area contributed by atoms with Gasteiger partial charge >= 0.3 is 6.18 Å². The van der Waals surface area contributed by atoms with Gasteiger partial charge in [0.05, 0.1) is 18.3 Å². The average Bonchev–Trinajstić information content (AvgIpc) is 2.28. The number of benzene rings is 1. The van der Waals surface area contributed by atoms with Crippen molar-refractivity contribution >= 4 is 0 Å². The maximum atomic E-state index is 12.5. The van der Waals surface area contributed by atoms with Gasteiger partial charge in [-0.1, -0.05) is 6.07 Å². The quantitative estimate of drug-likeness (QED) is 0.808. The summed E-state index contributed by atoms with van der Waals surface area (Å²) in [6, 6.07) is 5.00. The van der Waals surface area contributed by atoms with Crippen LogP contribution in [0.1, 0.15) is 25.3 Å². The number of halogens is 3. The van der Waals surface area contributed by atoms with Gasteiger partial charge in [0.15, 0.2) is 0 Å². The summed E-state index contributed by atoms with van der Waals surface area (Å²) >= 11 is 0. The van der Waals surface area contributed by atoms with Crippen LogP contribution in [0.25, 0.3) is 0 Å². The average molecular weight is 260 g/mol. The highest BCUT2D eigenvalue weighted by atomic mass is 19.4. The molecule has 1 aliphatic heterocycles. The molecule has 0 aromatic heterocycles. The maximum absolute atomic E-state index is 12.5. The maximum Gasteiger partial charge on any atom is 0.416 e. The highest BCUT2D eigenvalue weighted by molar-refractivity contribution is 5.30. The zero-order valence-corrected chi connectivity index (χ0v) is 10.0. The Balaban J connectivity index is 2.05. The van der Waals surface area contributed by atoms with Gasteiger partial charge in [0, 0.05) is 12.8 Å². The Labute approximate surface area is 104 Å². The van der Waals surface area contributed by atoms with Crippen molar-refractivity contribution in [1.29, 1.82) is 0 Å². The fourth-order valence-electron chi connectivity index (χ4n) is 2.00. The lowest BCUT2D eigenvalue weighted by Crippen LogP contribution is -2.31. The van der Waals surface area contributed by atoms with E-state index in [1.165, 1.54) is 6.07 Å². The number of rotatable bonds is 2. The first-order valence-electron chi connectivity index (χ1n) is 5.90. The molecule has 18 heavy (non-hydrogen) atoms. The van der Waals surface area contributed by atoms with Crippen molar-refractivity contribution < 1.29 is 22.6 Å². The first kappa shape index (κ1) is 13.2. The minimum Gasteiger partial charge on any atom is -0.490 e. The topological polar surface area (TPSA) is 18.5 Å². The molecule has 0 amide bonds. The monoisotopic (exact) mass is 260 g/mol. The smallest absolute Gasteiger partial charge is 0.416 e. The fraction of sp³-hybridized carbons (Fsp3) is 0.538. The first-order chi connectivity index (χ1) is 8.45. The molecule has 0 bridgehead atoms. The molecular weight excluding hydrogens is 245 g/mol. The van der Waals surface area contributed by atoms with Gasteiger partial charge in [-0.3, -0.25) is 0 Å². The number of hydrogen-bond acceptors (Lipinski definition) is 2. The molecule has 5 heteroatoms. The second-order valence-corrected chi connectivity index (χ2v) is 4.47. The Hall–Kier alpha value is -1.23. The Kier molecular flexibility index (Phi) is 3.80. The van der Waals surface area contributed by atoms with Crippen LogP contribution in [-0.2, 0) is 10.9 Å². The second-order valence-electron chi connectivity index (χ2n) is 4.47. The van der Waals surface area contributed by atoms with Crippen LogP contribution in [0.4, 0.5) is 13.2 Å². The molecule has 1 saturated heterocycles. The van der Waals surface area contributed by atoms with Gasteiger partial charge < -0.3 is 9.47 Å². The normalized spacial score (nSPS) is 24.9. The molecule has 0 spiro atoms. The van der Waals surface area contributed by atoms with Crippen molar-refractivity contribution in [2.75, 3.05) is 6.61 Å². The standard InChI is InChI=1S/C13H15F3O2/c1-9-7-12(5-6-17-9)18-11-4-2-3-10(8-11)13(14,15)16/h2-4,8-9,12H,5-7H2,1H3/t9-,12+/m1/s1. The third-order valence-corrected chi connectivity index (χ3v) is 2.90. The Morgan fingerprint density at radius 1 is 1.33 bits per heavy atom. The van der Waals surface area contributed by atoms with Crippen LogP contribution in [-0.4, -0.2) is 18.8 Å². The van der Waals surface area contributed by atoms with Crippen LogP contribution in [0.2, 0.25) is 0 Å². The van der Waals surface area contributed by atoms with E-state index >= 15 is 0 Å². The SMILES string of the molecule is C[C@@H]1C[C@@H](Oc2cccc(C(F)(F)F)c2)CCO1. The predicted molar refractivity (Wildman–Crippen MR) is 60.5 cm³/mol. The van der Waals surface area contributed by atoms with Crippen molar-refractivity contribution in [1.82, 2.24) is 0 Å². The van der Waals surface area contributed by atoms with Crippen LogP contribution in [0, 0.1) is 0 Å². The number of alkyl halides is 3. The van der Waals surface area contributed by atoms with E-state index < -0.39 is 11.7 Å². The largest absolute Gasteiger partial charge is 0.490 e. The van der Waals surface area contributed by atoms with Crippen molar-refractivity contribution in [3.63, 3.8) is 0 Å². The molecule has 2 nitrogen and oxygen atoms in total. The molecule has 0 unspecified atom stereocenters. The summed E-state index contributed by atoms with van der Waals surface area (Å²) in [6.45, 7) is 2.52. The molecule has 1 heterocycles. The molecule has 0 N–H and O–H groups in total. The number of ether oxygens (including phenoxy) is 2. The summed E-state index contributed by atoms with van der Waals surface area (Å²) in [4.78, 5) is 0. The van der Waals surface area contributed by atoms with Crippen molar-refractivity contribution in [3.05, 3.63) is 29.8 Å². The first-order valence-corrected chi connectivity index (χ1v) is 5.90. The van der Waals surface area contributed by atoms with Crippen LogP contribution in [0.5, 0.6) is 5.75 Å². The summed E-state index contributed by atoms with van der Waals surface area (Å²) in [7, 11) is 0. The molecule has 2 rings (SSSR count). The Morgan fingerprint density at radius 3 is 2.78 bits per heavy atom. The fourth-order valence-corrected chi connectivity index (χ4v) is 2.00. The van der Waals surface area contributed by atoms with E-state index in [9.17, 15) is 13.2 Å². The van der Waals surface area contributed by atoms with E-state index in [0.717, 1.165) is 12.1 Å². The Bertz CT molecular complexity index is 403. The van der Waals surface area contributed by atoms with Crippen molar-refractivity contribution in [2.24, 2.45) is 0 Å². The number of hydrogen-bond donors (Lipinski definition) is 0. The van der Waals surface area contributed by atoms with Gasteiger partial charge in [-0.2, -0.15) is 13.2 Å². The van der Waals surface area contributed by atoms with Crippen molar-refractivity contribution in [2.45, 2.75) is 38.1 Å². The summed E-state index contributed by atoms with van der Waals surface area (Å²) in [5.41, 5.74) is -0.680.